The lowest BCUT2D eigenvalue weighted by atomic mass is 9.86. The van der Waals surface area contributed by atoms with Crippen LogP contribution in [0.4, 0.5) is 0 Å². The van der Waals surface area contributed by atoms with Gasteiger partial charge in [-0.2, -0.15) is 0 Å². The molecular weight excluding hydrogens is 352 g/mol. The third-order valence-electron chi connectivity index (χ3n) is 5.84. The largest absolute Gasteiger partial charge is 0.346 e. The number of fused-ring (bicyclic) bond motifs is 6. The Kier molecular flexibility index (Phi) is 4.83. The van der Waals surface area contributed by atoms with Crippen LogP contribution in [0.15, 0.2) is 101 Å². The molecule has 1 N–H and O–H groups in total. The lowest BCUT2D eigenvalue weighted by Gasteiger charge is -2.18. The molecule has 0 saturated carbocycles. The van der Waals surface area contributed by atoms with Crippen molar-refractivity contribution in [2.45, 2.75) is 25.7 Å². The number of allylic oxidation sites excluding steroid dienone is 5. The molecule has 0 fully saturated rings. The van der Waals surface area contributed by atoms with E-state index in [0.717, 1.165) is 11.3 Å². The highest BCUT2D eigenvalue weighted by Gasteiger charge is 2.13. The molecule has 0 saturated heterocycles. The minimum absolute atomic E-state index is 1.10. The molecule has 2 aliphatic carbocycles. The van der Waals surface area contributed by atoms with Gasteiger partial charge in [0, 0.05) is 17.5 Å². The standard InChI is InChI=1S/C18H16.C9H8N2/c1-3-7-15-13(5-1)9-11-18-16-8-4-2-6-14(16)10-12-17(15)18;1-2-4-8-6-10-7-11-9(8)5-3-1/h1,3,5,7,9-12H,2,4,6,8H2;1-7H,(H,10,11). The molecule has 2 heteroatoms. The van der Waals surface area contributed by atoms with Gasteiger partial charge in [0.15, 0.2) is 0 Å². The zero-order valence-corrected chi connectivity index (χ0v) is 16.4. The Labute approximate surface area is 171 Å². The molecule has 0 spiro atoms. The lowest BCUT2D eigenvalue weighted by Crippen LogP contribution is -2.14. The van der Waals surface area contributed by atoms with E-state index < -0.39 is 0 Å². The van der Waals surface area contributed by atoms with Crippen molar-refractivity contribution in [1.82, 2.24) is 5.32 Å². The summed E-state index contributed by atoms with van der Waals surface area (Å²) in [5, 5.41) is 8.70. The number of benzene rings is 3. The van der Waals surface area contributed by atoms with Crippen LogP contribution in [-0.4, -0.2) is 6.34 Å². The molecule has 3 aliphatic rings. The SMILES string of the molecule is C1=CC=C2NC=NC=C2C=C1.c1ccc2c(c1)ccc1c3c(ccc12)CCCC3. The van der Waals surface area contributed by atoms with Crippen molar-refractivity contribution >= 4 is 27.9 Å². The van der Waals surface area contributed by atoms with Crippen molar-refractivity contribution in [2.24, 2.45) is 4.99 Å². The monoisotopic (exact) mass is 376 g/mol. The minimum atomic E-state index is 1.10. The van der Waals surface area contributed by atoms with Gasteiger partial charge in [0.2, 0.25) is 0 Å². The first-order valence-corrected chi connectivity index (χ1v) is 10.4. The summed E-state index contributed by atoms with van der Waals surface area (Å²) < 4.78 is 0. The molecule has 0 atom stereocenters. The first-order chi connectivity index (χ1) is 14.4. The topological polar surface area (TPSA) is 24.4 Å². The van der Waals surface area contributed by atoms with Gasteiger partial charge in [0.05, 0.1) is 6.34 Å². The number of aryl methyl sites for hydroxylation is 2. The second-order valence-electron chi connectivity index (χ2n) is 7.62. The van der Waals surface area contributed by atoms with Crippen LogP contribution in [0.2, 0.25) is 0 Å². The molecule has 142 valence electrons. The van der Waals surface area contributed by atoms with Crippen molar-refractivity contribution in [3.8, 4) is 0 Å². The van der Waals surface area contributed by atoms with Crippen LogP contribution in [0, 0.1) is 0 Å². The Hall–Kier alpha value is -3.39. The maximum atomic E-state index is 3.99. The van der Waals surface area contributed by atoms with Gasteiger partial charge in [0.1, 0.15) is 0 Å². The molecule has 0 bridgehead atoms. The quantitative estimate of drug-likeness (QED) is 0.452. The molecule has 0 radical (unpaired) electrons. The van der Waals surface area contributed by atoms with E-state index in [9.17, 15) is 0 Å². The zero-order chi connectivity index (χ0) is 19.5. The Morgan fingerprint density at radius 3 is 2.66 bits per heavy atom. The smallest absolute Gasteiger partial charge is 0.0923 e. The summed E-state index contributed by atoms with van der Waals surface area (Å²) in [7, 11) is 0. The molecule has 6 rings (SSSR count). The van der Waals surface area contributed by atoms with E-state index in [4.69, 9.17) is 0 Å². The van der Waals surface area contributed by atoms with E-state index in [0.29, 0.717) is 0 Å². The fourth-order valence-electron chi connectivity index (χ4n) is 4.37. The number of nitrogens with one attached hydrogen (secondary N) is 1. The second-order valence-corrected chi connectivity index (χ2v) is 7.62. The zero-order valence-electron chi connectivity index (χ0n) is 16.4. The van der Waals surface area contributed by atoms with Crippen LogP contribution in [0.5, 0.6) is 0 Å². The molecule has 2 nitrogen and oxygen atoms in total. The fourth-order valence-corrected chi connectivity index (χ4v) is 4.37. The van der Waals surface area contributed by atoms with Crippen molar-refractivity contribution in [3.63, 3.8) is 0 Å². The summed E-state index contributed by atoms with van der Waals surface area (Å²) in [6, 6.07) is 18.0. The van der Waals surface area contributed by atoms with E-state index in [1.807, 2.05) is 36.6 Å². The molecule has 0 unspecified atom stereocenters. The van der Waals surface area contributed by atoms with Gasteiger partial charge >= 0.3 is 0 Å². The molecule has 29 heavy (non-hydrogen) atoms. The highest BCUT2D eigenvalue weighted by atomic mass is 15.0. The third-order valence-corrected chi connectivity index (χ3v) is 5.84. The number of aliphatic imine (C=N–C) groups is 1. The summed E-state index contributed by atoms with van der Waals surface area (Å²) in [6.45, 7) is 0. The Bertz CT molecular complexity index is 1220. The predicted molar refractivity (Wildman–Crippen MR) is 124 cm³/mol. The molecule has 0 aromatic heterocycles. The molecule has 3 aromatic carbocycles. The van der Waals surface area contributed by atoms with Crippen LogP contribution in [-0.2, 0) is 12.8 Å². The van der Waals surface area contributed by atoms with Crippen molar-refractivity contribution in [1.29, 1.82) is 0 Å². The van der Waals surface area contributed by atoms with Gasteiger partial charge in [-0.1, -0.05) is 72.8 Å². The average Bonchev–Trinajstić information content (AvgIpc) is 3.05. The second kappa shape index (κ2) is 7.92. The van der Waals surface area contributed by atoms with Crippen LogP contribution in [0.25, 0.3) is 21.5 Å². The molecule has 3 aromatic rings. The van der Waals surface area contributed by atoms with Gasteiger partial charge in [0.25, 0.3) is 0 Å². The van der Waals surface area contributed by atoms with E-state index in [1.54, 1.807) is 17.5 Å². The summed E-state index contributed by atoms with van der Waals surface area (Å²) >= 11 is 0. The van der Waals surface area contributed by atoms with Crippen LogP contribution < -0.4 is 5.32 Å². The highest BCUT2D eigenvalue weighted by molar-refractivity contribution is 6.08. The first kappa shape index (κ1) is 17.7. The highest BCUT2D eigenvalue weighted by Crippen LogP contribution is 2.33. The summed E-state index contributed by atoms with van der Waals surface area (Å²) in [4.78, 5) is 3.99. The van der Waals surface area contributed by atoms with E-state index in [2.05, 4.69) is 58.8 Å². The van der Waals surface area contributed by atoms with Crippen molar-refractivity contribution in [2.75, 3.05) is 0 Å². The molecule has 1 aliphatic heterocycles. The molecule has 1 heterocycles. The summed E-state index contributed by atoms with van der Waals surface area (Å²) in [6.07, 6.45) is 18.8. The van der Waals surface area contributed by atoms with E-state index in [-0.39, 0.29) is 0 Å². The number of nitrogens with zero attached hydrogens (tertiary/aromatic N) is 1. The Morgan fingerprint density at radius 1 is 0.759 bits per heavy atom. The van der Waals surface area contributed by atoms with E-state index in [1.165, 1.54) is 47.2 Å². The molecule has 0 amide bonds. The first-order valence-electron chi connectivity index (χ1n) is 10.4. The normalized spacial score (nSPS) is 16.7. The third kappa shape index (κ3) is 3.54. The summed E-state index contributed by atoms with van der Waals surface area (Å²) in [5.41, 5.74) is 5.40. The van der Waals surface area contributed by atoms with Crippen LogP contribution >= 0.6 is 0 Å². The van der Waals surface area contributed by atoms with Gasteiger partial charge in [-0.15, -0.1) is 0 Å². The van der Waals surface area contributed by atoms with Crippen LogP contribution in [0.1, 0.15) is 24.0 Å². The van der Waals surface area contributed by atoms with Crippen LogP contribution in [0.3, 0.4) is 0 Å². The van der Waals surface area contributed by atoms with E-state index >= 15 is 0 Å². The fraction of sp³-hybridized carbons (Fsp3) is 0.148. The van der Waals surface area contributed by atoms with Gasteiger partial charge < -0.3 is 5.32 Å². The number of rotatable bonds is 0. The number of hydrogen-bond acceptors (Lipinski definition) is 2. The number of hydrogen-bond donors (Lipinski definition) is 1. The Morgan fingerprint density at radius 2 is 1.66 bits per heavy atom. The maximum Gasteiger partial charge on any atom is 0.0923 e. The van der Waals surface area contributed by atoms with Gasteiger partial charge in [-0.25, -0.2) is 4.99 Å². The van der Waals surface area contributed by atoms with Crippen molar-refractivity contribution in [3.05, 3.63) is 108 Å². The summed E-state index contributed by atoms with van der Waals surface area (Å²) in [5.74, 6) is 0. The predicted octanol–water partition coefficient (Wildman–Crippen LogP) is 6.38. The average molecular weight is 377 g/mol. The van der Waals surface area contributed by atoms with Crippen molar-refractivity contribution < 1.29 is 0 Å². The van der Waals surface area contributed by atoms with Gasteiger partial charge in [-0.3, -0.25) is 0 Å². The lowest BCUT2D eigenvalue weighted by molar-refractivity contribution is 0.690. The van der Waals surface area contributed by atoms with Gasteiger partial charge in [-0.05, 0) is 64.4 Å². The molecular formula is C27H24N2. The maximum absolute atomic E-state index is 3.99. The Balaban J connectivity index is 0.000000142. The minimum Gasteiger partial charge on any atom is -0.346 e.